The molecule has 0 atom stereocenters. The van der Waals surface area contributed by atoms with Crippen molar-refractivity contribution in [3.8, 4) is 11.1 Å². The molecule has 4 aromatic carbocycles. The maximum Gasteiger partial charge on any atom is 0.135 e. The Morgan fingerprint density at radius 2 is 1.26 bits per heavy atom. The summed E-state index contributed by atoms with van der Waals surface area (Å²) >= 11 is 5.45. The Kier molecular flexibility index (Phi) is 3.25. The van der Waals surface area contributed by atoms with Crippen LogP contribution in [0.3, 0.4) is 0 Å². The van der Waals surface area contributed by atoms with E-state index in [2.05, 4.69) is 82.7 Å². The molecule has 2 aromatic heterocycles. The Hall–Kier alpha value is -2.62. The van der Waals surface area contributed by atoms with E-state index in [1.807, 2.05) is 23.5 Å². The minimum absolute atomic E-state index is 0.936. The van der Waals surface area contributed by atoms with Gasteiger partial charge in [0.05, 0.1) is 0 Å². The number of rotatable bonds is 1. The summed E-state index contributed by atoms with van der Waals surface area (Å²) in [5, 5.41) is 4.95. The summed E-state index contributed by atoms with van der Waals surface area (Å²) in [6.07, 6.45) is 0. The summed E-state index contributed by atoms with van der Waals surface area (Å²) in [7, 11) is 0. The maximum absolute atomic E-state index is 5.97. The monoisotopic (exact) mass is 428 g/mol. The minimum atomic E-state index is 0.936. The minimum Gasteiger partial charge on any atom is -0.456 e. The van der Waals surface area contributed by atoms with Gasteiger partial charge < -0.3 is 4.42 Å². The molecule has 0 N–H and O–H groups in total. The fourth-order valence-electron chi connectivity index (χ4n) is 3.83. The molecular weight excluding hydrogens is 416 g/mol. The van der Waals surface area contributed by atoms with Crippen molar-refractivity contribution >= 4 is 69.4 Å². The number of hydrogen-bond acceptors (Lipinski definition) is 2. The third-order valence-electron chi connectivity index (χ3n) is 5.14. The van der Waals surface area contributed by atoms with Crippen LogP contribution in [0.15, 0.2) is 87.8 Å². The molecule has 3 heteroatoms. The van der Waals surface area contributed by atoms with Crippen LogP contribution in [0.25, 0.3) is 53.2 Å². The average Bonchev–Trinajstić information content (AvgIpc) is 3.25. The zero-order valence-corrected chi connectivity index (χ0v) is 16.6. The van der Waals surface area contributed by atoms with Crippen molar-refractivity contribution < 1.29 is 4.42 Å². The van der Waals surface area contributed by atoms with Gasteiger partial charge in [0, 0.05) is 35.4 Å². The predicted octanol–water partition coefficient (Wildman–Crippen LogP) is 8.38. The smallest absolute Gasteiger partial charge is 0.135 e. The number of fused-ring (bicyclic) bond motifs is 6. The molecule has 0 radical (unpaired) electrons. The van der Waals surface area contributed by atoms with E-state index in [1.54, 1.807) is 0 Å². The summed E-state index contributed by atoms with van der Waals surface area (Å²) in [6, 6.07) is 28.0. The fraction of sp³-hybridized carbons (Fsp3) is 0. The molecule has 27 heavy (non-hydrogen) atoms. The van der Waals surface area contributed by atoms with Crippen LogP contribution >= 0.6 is 27.3 Å². The van der Waals surface area contributed by atoms with Crippen LogP contribution in [0, 0.1) is 0 Å². The van der Waals surface area contributed by atoms with E-state index in [1.165, 1.54) is 42.1 Å². The lowest BCUT2D eigenvalue weighted by molar-refractivity contribution is 0.669. The Balaban J connectivity index is 1.61. The number of thiophene rings is 1. The van der Waals surface area contributed by atoms with Gasteiger partial charge in [0.1, 0.15) is 11.2 Å². The first kappa shape index (κ1) is 15.4. The number of furan rings is 1. The molecule has 0 aliphatic carbocycles. The summed E-state index contributed by atoms with van der Waals surface area (Å²) in [4.78, 5) is 0. The molecule has 128 valence electrons. The van der Waals surface area contributed by atoms with E-state index in [-0.39, 0.29) is 0 Å². The summed E-state index contributed by atoms with van der Waals surface area (Å²) < 4.78 is 9.73. The summed E-state index contributed by atoms with van der Waals surface area (Å²) in [5.41, 5.74) is 4.32. The molecule has 0 spiro atoms. The number of para-hydroxylation sites is 1. The summed E-state index contributed by atoms with van der Waals surface area (Å²) in [6.45, 7) is 0. The molecule has 2 heterocycles. The lowest BCUT2D eigenvalue weighted by Crippen LogP contribution is -1.78. The third kappa shape index (κ3) is 2.35. The van der Waals surface area contributed by atoms with Crippen LogP contribution in [-0.2, 0) is 0 Å². The van der Waals surface area contributed by atoms with Crippen molar-refractivity contribution in [2.24, 2.45) is 0 Å². The molecular formula is C24H13BrOS. The molecule has 0 saturated carbocycles. The van der Waals surface area contributed by atoms with Gasteiger partial charge >= 0.3 is 0 Å². The van der Waals surface area contributed by atoms with Crippen LogP contribution in [-0.4, -0.2) is 0 Å². The Morgan fingerprint density at radius 1 is 0.593 bits per heavy atom. The van der Waals surface area contributed by atoms with Crippen molar-refractivity contribution in [1.82, 2.24) is 0 Å². The Bertz CT molecular complexity index is 1490. The van der Waals surface area contributed by atoms with E-state index in [9.17, 15) is 0 Å². The van der Waals surface area contributed by atoms with Crippen molar-refractivity contribution in [2.45, 2.75) is 0 Å². The van der Waals surface area contributed by atoms with Crippen molar-refractivity contribution in [1.29, 1.82) is 0 Å². The Morgan fingerprint density at radius 3 is 2.15 bits per heavy atom. The van der Waals surface area contributed by atoms with Gasteiger partial charge in [0.2, 0.25) is 0 Å². The van der Waals surface area contributed by atoms with E-state index in [0.29, 0.717) is 0 Å². The quantitative estimate of drug-likeness (QED) is 0.256. The van der Waals surface area contributed by atoms with Gasteiger partial charge in [-0.05, 0) is 59.7 Å². The second-order valence-electron chi connectivity index (χ2n) is 6.76. The zero-order chi connectivity index (χ0) is 18.0. The molecule has 0 bridgehead atoms. The fourth-order valence-corrected chi connectivity index (χ4v) is 5.26. The van der Waals surface area contributed by atoms with Gasteiger partial charge in [-0.1, -0.05) is 46.3 Å². The van der Waals surface area contributed by atoms with Crippen LogP contribution in [0.4, 0.5) is 0 Å². The third-order valence-corrected chi connectivity index (χ3v) is 6.79. The first-order valence-corrected chi connectivity index (χ1v) is 10.4. The van der Waals surface area contributed by atoms with Crippen molar-refractivity contribution in [3.05, 3.63) is 83.3 Å². The number of benzene rings is 4. The SMILES string of the molecule is Brc1ccc2sc3ccc(-c4ccc5oc6ccccc6c5c4)cc3c2c1. The van der Waals surface area contributed by atoms with E-state index in [0.717, 1.165) is 15.6 Å². The van der Waals surface area contributed by atoms with Crippen LogP contribution < -0.4 is 0 Å². The van der Waals surface area contributed by atoms with Crippen molar-refractivity contribution in [2.75, 3.05) is 0 Å². The molecule has 0 saturated heterocycles. The molecule has 0 amide bonds. The maximum atomic E-state index is 5.97. The lowest BCUT2D eigenvalue weighted by Gasteiger charge is -2.03. The highest BCUT2D eigenvalue weighted by Gasteiger charge is 2.10. The predicted molar refractivity (Wildman–Crippen MR) is 120 cm³/mol. The second-order valence-corrected chi connectivity index (χ2v) is 8.76. The van der Waals surface area contributed by atoms with E-state index >= 15 is 0 Å². The average molecular weight is 429 g/mol. The standard InChI is InChI=1S/C24H13BrOS/c25-16-7-10-24-20(13-16)19-12-15(6-9-23(19)27-24)14-5-8-22-18(11-14)17-3-1-2-4-21(17)26-22/h1-13H. The van der Waals surface area contributed by atoms with Gasteiger partial charge in [-0.3, -0.25) is 0 Å². The zero-order valence-electron chi connectivity index (χ0n) is 14.2. The molecule has 1 nitrogen and oxygen atoms in total. The molecule has 0 fully saturated rings. The molecule has 6 rings (SSSR count). The topological polar surface area (TPSA) is 13.1 Å². The highest BCUT2D eigenvalue weighted by atomic mass is 79.9. The van der Waals surface area contributed by atoms with Gasteiger partial charge in [-0.25, -0.2) is 0 Å². The van der Waals surface area contributed by atoms with Gasteiger partial charge in [-0.15, -0.1) is 11.3 Å². The number of halogens is 1. The molecule has 0 aliphatic rings. The molecule has 6 aromatic rings. The molecule has 0 aliphatic heterocycles. The largest absolute Gasteiger partial charge is 0.456 e. The van der Waals surface area contributed by atoms with Crippen LogP contribution in [0.1, 0.15) is 0 Å². The van der Waals surface area contributed by atoms with Gasteiger partial charge in [-0.2, -0.15) is 0 Å². The number of hydrogen-bond donors (Lipinski definition) is 0. The van der Waals surface area contributed by atoms with Gasteiger partial charge in [0.15, 0.2) is 0 Å². The van der Waals surface area contributed by atoms with Crippen LogP contribution in [0.5, 0.6) is 0 Å². The van der Waals surface area contributed by atoms with E-state index in [4.69, 9.17) is 4.42 Å². The van der Waals surface area contributed by atoms with Gasteiger partial charge in [0.25, 0.3) is 0 Å². The van der Waals surface area contributed by atoms with Crippen LogP contribution in [0.2, 0.25) is 0 Å². The lowest BCUT2D eigenvalue weighted by atomic mass is 10.0. The van der Waals surface area contributed by atoms with Crippen molar-refractivity contribution in [3.63, 3.8) is 0 Å². The molecule has 0 unspecified atom stereocenters. The first-order chi connectivity index (χ1) is 13.3. The second kappa shape index (κ2) is 5.69. The summed E-state index contributed by atoms with van der Waals surface area (Å²) in [5.74, 6) is 0. The first-order valence-electron chi connectivity index (χ1n) is 8.80. The highest BCUT2D eigenvalue weighted by molar-refractivity contribution is 9.10. The normalized spacial score (nSPS) is 11.9. The Labute approximate surface area is 168 Å². The van der Waals surface area contributed by atoms with E-state index < -0.39 is 0 Å². The highest BCUT2D eigenvalue weighted by Crippen LogP contribution is 2.38.